The van der Waals surface area contributed by atoms with Gasteiger partial charge in [0, 0.05) is 12.1 Å². The summed E-state index contributed by atoms with van der Waals surface area (Å²) in [6, 6.07) is 4.08. The van der Waals surface area contributed by atoms with Gasteiger partial charge in [0.1, 0.15) is 11.6 Å². The van der Waals surface area contributed by atoms with Crippen LogP contribution in [0.15, 0.2) is 18.2 Å². The molecule has 110 valence electrons. The number of hydrogen-bond donors (Lipinski definition) is 1. The Bertz CT molecular complexity index is 442. The normalized spacial score (nSPS) is 29.9. The molecule has 0 spiro atoms. The third-order valence-corrected chi connectivity index (χ3v) is 4.97. The van der Waals surface area contributed by atoms with Crippen molar-refractivity contribution < 1.29 is 8.78 Å². The van der Waals surface area contributed by atoms with Gasteiger partial charge in [-0.1, -0.05) is 19.8 Å². The van der Waals surface area contributed by atoms with Crippen LogP contribution < -0.4 is 5.32 Å². The van der Waals surface area contributed by atoms with Crippen molar-refractivity contribution in [2.45, 2.75) is 45.1 Å². The molecule has 2 fully saturated rings. The van der Waals surface area contributed by atoms with Crippen molar-refractivity contribution in [3.63, 3.8) is 0 Å². The second kappa shape index (κ2) is 5.80. The fourth-order valence-corrected chi connectivity index (χ4v) is 4.07. The summed E-state index contributed by atoms with van der Waals surface area (Å²) in [6.07, 6.45) is 6.25. The van der Waals surface area contributed by atoms with Crippen LogP contribution in [0.2, 0.25) is 0 Å². The summed E-state index contributed by atoms with van der Waals surface area (Å²) in [4.78, 5) is 0. The van der Waals surface area contributed by atoms with E-state index in [0.717, 1.165) is 36.4 Å². The smallest absolute Gasteiger partial charge is 0.126 e. The summed E-state index contributed by atoms with van der Waals surface area (Å²) in [5.74, 6) is 1.18. The average Bonchev–Trinajstić information content (AvgIpc) is 3.13. The van der Waals surface area contributed by atoms with Gasteiger partial charge in [0.25, 0.3) is 0 Å². The lowest BCUT2D eigenvalue weighted by Crippen LogP contribution is -2.25. The van der Waals surface area contributed by atoms with E-state index in [1.165, 1.54) is 37.8 Å². The van der Waals surface area contributed by atoms with Crippen LogP contribution in [-0.2, 0) is 0 Å². The second-order valence-corrected chi connectivity index (χ2v) is 6.32. The first-order valence-corrected chi connectivity index (χ1v) is 7.90. The van der Waals surface area contributed by atoms with E-state index in [9.17, 15) is 8.78 Å². The largest absolute Gasteiger partial charge is 0.310 e. The second-order valence-electron chi connectivity index (χ2n) is 6.32. The van der Waals surface area contributed by atoms with Gasteiger partial charge in [-0.25, -0.2) is 8.78 Å². The molecule has 0 heterocycles. The molecule has 1 aromatic carbocycles. The van der Waals surface area contributed by atoms with Gasteiger partial charge in [-0.3, -0.25) is 0 Å². The summed E-state index contributed by atoms with van der Waals surface area (Å²) in [5.41, 5.74) is 0.787. The third kappa shape index (κ3) is 2.73. The summed E-state index contributed by atoms with van der Waals surface area (Å²) < 4.78 is 27.0. The zero-order valence-corrected chi connectivity index (χ0v) is 12.0. The topological polar surface area (TPSA) is 12.0 Å². The number of benzene rings is 1. The summed E-state index contributed by atoms with van der Waals surface area (Å²) in [6.45, 7) is 3.02. The lowest BCUT2D eigenvalue weighted by atomic mass is 9.99. The van der Waals surface area contributed by atoms with Crippen molar-refractivity contribution in [1.82, 2.24) is 5.32 Å². The lowest BCUT2D eigenvalue weighted by molar-refractivity contribution is 0.440. The van der Waals surface area contributed by atoms with Crippen molar-refractivity contribution in [3.8, 4) is 0 Å². The highest BCUT2D eigenvalue weighted by atomic mass is 19.1. The van der Waals surface area contributed by atoms with Crippen LogP contribution >= 0.6 is 0 Å². The maximum absolute atomic E-state index is 13.5. The van der Waals surface area contributed by atoms with Gasteiger partial charge in [0.15, 0.2) is 0 Å². The van der Waals surface area contributed by atoms with Crippen molar-refractivity contribution >= 4 is 0 Å². The van der Waals surface area contributed by atoms with Crippen molar-refractivity contribution in [1.29, 1.82) is 0 Å². The van der Waals surface area contributed by atoms with Gasteiger partial charge in [-0.2, -0.15) is 0 Å². The molecular formula is C17H23F2N. The third-order valence-electron chi connectivity index (χ3n) is 4.97. The molecule has 3 atom stereocenters. The summed E-state index contributed by atoms with van der Waals surface area (Å²) in [5, 5.41) is 3.53. The summed E-state index contributed by atoms with van der Waals surface area (Å²) >= 11 is 0. The highest BCUT2D eigenvalue weighted by molar-refractivity contribution is 5.25. The number of nitrogens with one attached hydrogen (secondary N) is 1. The number of rotatable bonds is 5. The molecule has 2 aliphatic rings. The minimum atomic E-state index is -0.466. The Labute approximate surface area is 119 Å². The molecule has 3 rings (SSSR count). The minimum Gasteiger partial charge on any atom is -0.310 e. The van der Waals surface area contributed by atoms with E-state index >= 15 is 0 Å². The van der Waals surface area contributed by atoms with Crippen molar-refractivity contribution in [2.75, 3.05) is 6.54 Å². The lowest BCUT2D eigenvalue weighted by Gasteiger charge is -2.20. The standard InChI is InChI=1S/C17H23F2N/c1-2-7-20-17(11-8-12(18)10-13(19)9-11)16-14-5-3-4-6-15(14)16/h8-10,14-17,20H,2-7H2,1H3. The first-order valence-electron chi connectivity index (χ1n) is 7.90. The minimum absolute atomic E-state index is 0.119. The molecule has 0 aliphatic heterocycles. The number of hydrogen-bond acceptors (Lipinski definition) is 1. The van der Waals surface area contributed by atoms with Gasteiger partial charge >= 0.3 is 0 Å². The molecule has 0 aromatic heterocycles. The molecule has 0 amide bonds. The van der Waals surface area contributed by atoms with E-state index in [-0.39, 0.29) is 6.04 Å². The van der Waals surface area contributed by atoms with Gasteiger partial charge < -0.3 is 5.32 Å². The van der Waals surface area contributed by atoms with E-state index in [1.807, 2.05) is 0 Å². The quantitative estimate of drug-likeness (QED) is 0.840. The molecule has 1 nitrogen and oxygen atoms in total. The van der Waals surface area contributed by atoms with Crippen LogP contribution in [0.1, 0.15) is 50.6 Å². The van der Waals surface area contributed by atoms with E-state index in [2.05, 4.69) is 12.2 Å². The Morgan fingerprint density at radius 2 is 1.70 bits per heavy atom. The molecule has 0 bridgehead atoms. The van der Waals surface area contributed by atoms with Crippen LogP contribution in [0.3, 0.4) is 0 Å². The Hall–Kier alpha value is -0.960. The zero-order valence-electron chi connectivity index (χ0n) is 12.0. The highest BCUT2D eigenvalue weighted by Gasteiger charge is 2.54. The number of fused-ring (bicyclic) bond motifs is 1. The molecule has 3 unspecified atom stereocenters. The first kappa shape index (κ1) is 14.0. The highest BCUT2D eigenvalue weighted by Crippen LogP contribution is 2.60. The first-order chi connectivity index (χ1) is 9.70. The maximum Gasteiger partial charge on any atom is 0.126 e. The van der Waals surface area contributed by atoms with E-state index < -0.39 is 11.6 Å². The van der Waals surface area contributed by atoms with Gasteiger partial charge in [0.05, 0.1) is 0 Å². The summed E-state index contributed by atoms with van der Waals surface area (Å²) in [7, 11) is 0. The SMILES string of the molecule is CCCNC(c1cc(F)cc(F)c1)C1C2CCCCC21. The fraction of sp³-hybridized carbons (Fsp3) is 0.647. The predicted octanol–water partition coefficient (Wildman–Crippen LogP) is 4.44. The molecule has 2 aliphatic carbocycles. The van der Waals surface area contributed by atoms with Crippen LogP contribution in [0.4, 0.5) is 8.78 Å². The van der Waals surface area contributed by atoms with Crippen molar-refractivity contribution in [2.24, 2.45) is 17.8 Å². The molecule has 1 aromatic rings. The van der Waals surface area contributed by atoms with Crippen molar-refractivity contribution in [3.05, 3.63) is 35.4 Å². The van der Waals surface area contributed by atoms with Crippen LogP contribution in [-0.4, -0.2) is 6.54 Å². The van der Waals surface area contributed by atoms with Crippen LogP contribution in [0, 0.1) is 29.4 Å². The van der Waals surface area contributed by atoms with E-state index in [0.29, 0.717) is 5.92 Å². The zero-order chi connectivity index (χ0) is 14.1. The Morgan fingerprint density at radius 3 is 2.25 bits per heavy atom. The Balaban J connectivity index is 1.82. The molecule has 2 saturated carbocycles. The van der Waals surface area contributed by atoms with Gasteiger partial charge in [-0.05, 0) is 61.3 Å². The molecule has 0 saturated heterocycles. The number of halogens is 2. The van der Waals surface area contributed by atoms with Crippen LogP contribution in [0.5, 0.6) is 0 Å². The molecule has 3 heteroatoms. The Kier molecular flexibility index (Phi) is 4.06. The fourth-order valence-electron chi connectivity index (χ4n) is 4.07. The molecular weight excluding hydrogens is 256 g/mol. The van der Waals surface area contributed by atoms with Crippen LogP contribution in [0.25, 0.3) is 0 Å². The Morgan fingerprint density at radius 1 is 1.10 bits per heavy atom. The van der Waals surface area contributed by atoms with E-state index in [1.54, 1.807) is 0 Å². The van der Waals surface area contributed by atoms with Gasteiger partial charge in [-0.15, -0.1) is 0 Å². The monoisotopic (exact) mass is 279 g/mol. The maximum atomic E-state index is 13.5. The van der Waals surface area contributed by atoms with E-state index in [4.69, 9.17) is 0 Å². The predicted molar refractivity (Wildman–Crippen MR) is 76.3 cm³/mol. The molecule has 0 radical (unpaired) electrons. The molecule has 20 heavy (non-hydrogen) atoms. The van der Waals surface area contributed by atoms with Gasteiger partial charge in [0.2, 0.25) is 0 Å². The average molecular weight is 279 g/mol. The molecule has 1 N–H and O–H groups in total.